The summed E-state index contributed by atoms with van der Waals surface area (Å²) in [5.74, 6) is 0.355. The van der Waals surface area contributed by atoms with Crippen molar-refractivity contribution in [3.63, 3.8) is 0 Å². The lowest BCUT2D eigenvalue weighted by Gasteiger charge is -2.38. The Morgan fingerprint density at radius 2 is 1.73 bits per heavy atom. The molecule has 1 heterocycles. The zero-order valence-corrected chi connectivity index (χ0v) is 10.3. The largest absolute Gasteiger partial charge is 0.371 e. The van der Waals surface area contributed by atoms with Gasteiger partial charge in [-0.05, 0) is 12.8 Å². The normalized spacial score (nSPS) is 27.1. The third-order valence-corrected chi connectivity index (χ3v) is 2.95. The lowest BCUT2D eigenvalue weighted by Crippen LogP contribution is -2.50. The molecule has 0 aromatic heterocycles. The van der Waals surface area contributed by atoms with Gasteiger partial charge < -0.3 is 9.64 Å². The smallest absolute Gasteiger partial charge is 0.225 e. The van der Waals surface area contributed by atoms with Crippen LogP contribution >= 0.6 is 0 Å². The summed E-state index contributed by atoms with van der Waals surface area (Å²) >= 11 is 0. The zero-order chi connectivity index (χ0) is 11.4. The van der Waals surface area contributed by atoms with Gasteiger partial charge in [-0.15, -0.1) is 0 Å². The Labute approximate surface area is 92.8 Å². The van der Waals surface area contributed by atoms with Gasteiger partial charge in [0, 0.05) is 19.0 Å². The first-order valence-corrected chi connectivity index (χ1v) is 6.02. The van der Waals surface area contributed by atoms with Crippen LogP contribution in [0.15, 0.2) is 0 Å². The van der Waals surface area contributed by atoms with Crippen LogP contribution in [0.25, 0.3) is 0 Å². The van der Waals surface area contributed by atoms with Crippen LogP contribution < -0.4 is 0 Å². The fourth-order valence-electron chi connectivity index (χ4n) is 1.92. The summed E-state index contributed by atoms with van der Waals surface area (Å²) in [6, 6.07) is 0. The second-order valence-electron chi connectivity index (χ2n) is 4.59. The maximum Gasteiger partial charge on any atom is 0.225 e. The second kappa shape index (κ2) is 5.50. The molecule has 3 heteroatoms. The topological polar surface area (TPSA) is 29.5 Å². The lowest BCUT2D eigenvalue weighted by atomic mass is 10.1. The minimum absolute atomic E-state index is 0.0955. The van der Waals surface area contributed by atoms with E-state index in [-0.39, 0.29) is 24.0 Å². The highest BCUT2D eigenvalue weighted by Crippen LogP contribution is 2.17. The monoisotopic (exact) mass is 213 g/mol. The quantitative estimate of drug-likeness (QED) is 0.718. The van der Waals surface area contributed by atoms with Gasteiger partial charge in [-0.25, -0.2) is 0 Å². The van der Waals surface area contributed by atoms with Crippen LogP contribution in [-0.4, -0.2) is 36.1 Å². The van der Waals surface area contributed by atoms with Gasteiger partial charge in [0.05, 0.1) is 12.2 Å². The highest BCUT2D eigenvalue weighted by molar-refractivity contribution is 5.78. The highest BCUT2D eigenvalue weighted by Gasteiger charge is 2.29. The first-order valence-electron chi connectivity index (χ1n) is 6.02. The molecule has 0 aromatic rings. The predicted octanol–water partition coefficient (Wildman–Crippen LogP) is 2.06. The number of hydrogen-bond acceptors (Lipinski definition) is 2. The summed E-state index contributed by atoms with van der Waals surface area (Å²) in [5.41, 5.74) is 0. The van der Waals surface area contributed by atoms with Crippen LogP contribution in [0.3, 0.4) is 0 Å². The molecule has 3 nitrogen and oxygen atoms in total. The van der Waals surface area contributed by atoms with E-state index in [9.17, 15) is 4.79 Å². The van der Waals surface area contributed by atoms with Crippen LogP contribution in [-0.2, 0) is 9.53 Å². The Bertz CT molecular complexity index is 204. The minimum Gasteiger partial charge on any atom is -0.371 e. The van der Waals surface area contributed by atoms with Crippen molar-refractivity contribution in [3.05, 3.63) is 0 Å². The minimum atomic E-state index is 0.0955. The fraction of sp³-hybridized carbons (Fsp3) is 0.917. The summed E-state index contributed by atoms with van der Waals surface area (Å²) in [6.07, 6.45) is 2.43. The third kappa shape index (κ3) is 3.20. The summed E-state index contributed by atoms with van der Waals surface area (Å²) in [7, 11) is 0. The molecule has 1 fully saturated rings. The number of hydrogen-bond donors (Lipinski definition) is 0. The number of ether oxygens (including phenoxy) is 1. The number of carbonyl (C=O) groups is 1. The van der Waals surface area contributed by atoms with E-state index in [4.69, 9.17) is 4.74 Å². The van der Waals surface area contributed by atoms with Gasteiger partial charge in [0.15, 0.2) is 0 Å². The van der Waals surface area contributed by atoms with Crippen molar-refractivity contribution in [1.82, 2.24) is 4.90 Å². The van der Waals surface area contributed by atoms with Gasteiger partial charge >= 0.3 is 0 Å². The summed E-state index contributed by atoms with van der Waals surface area (Å²) in [6.45, 7) is 9.68. The first-order chi connectivity index (χ1) is 7.08. The molecule has 0 bridgehead atoms. The molecule has 0 spiro atoms. The van der Waals surface area contributed by atoms with E-state index in [1.54, 1.807) is 0 Å². The molecule has 0 radical (unpaired) electrons. The molecular formula is C12H23NO2. The van der Waals surface area contributed by atoms with E-state index >= 15 is 0 Å². The molecular weight excluding hydrogens is 190 g/mol. The summed E-state index contributed by atoms with van der Waals surface area (Å²) in [5, 5.41) is 0. The molecule has 88 valence electrons. The molecule has 0 N–H and O–H groups in total. The molecule has 1 aliphatic rings. The van der Waals surface area contributed by atoms with E-state index < -0.39 is 0 Å². The van der Waals surface area contributed by atoms with E-state index in [1.807, 2.05) is 18.7 Å². The Morgan fingerprint density at radius 3 is 2.07 bits per heavy atom. The van der Waals surface area contributed by atoms with Crippen molar-refractivity contribution in [3.8, 4) is 0 Å². The Hall–Kier alpha value is -0.570. The van der Waals surface area contributed by atoms with E-state index in [0.717, 1.165) is 25.9 Å². The van der Waals surface area contributed by atoms with Gasteiger partial charge in [0.1, 0.15) is 0 Å². The first kappa shape index (κ1) is 12.5. The number of nitrogens with zero attached hydrogens (tertiary/aromatic N) is 1. The van der Waals surface area contributed by atoms with Crippen LogP contribution in [0.4, 0.5) is 0 Å². The van der Waals surface area contributed by atoms with Crippen LogP contribution in [0, 0.1) is 5.92 Å². The standard InChI is InChI=1S/C12H23NO2/c1-5-10-7-13(12(14)9(3)4)8-11(6-2)15-10/h9-11H,5-8H2,1-4H3. The highest BCUT2D eigenvalue weighted by atomic mass is 16.5. The Morgan fingerprint density at radius 1 is 1.27 bits per heavy atom. The second-order valence-corrected chi connectivity index (χ2v) is 4.59. The average Bonchev–Trinajstić information content (AvgIpc) is 2.27. The lowest BCUT2D eigenvalue weighted by molar-refractivity contribution is -0.149. The SMILES string of the molecule is CCC1CN(C(=O)C(C)C)CC(CC)O1. The van der Waals surface area contributed by atoms with E-state index in [1.165, 1.54) is 0 Å². The number of morpholine rings is 1. The Balaban J connectivity index is 2.61. The molecule has 15 heavy (non-hydrogen) atoms. The molecule has 1 amide bonds. The maximum absolute atomic E-state index is 11.9. The molecule has 0 saturated carbocycles. The Kier molecular flexibility index (Phi) is 4.58. The summed E-state index contributed by atoms with van der Waals surface area (Å²) in [4.78, 5) is 13.9. The van der Waals surface area contributed by atoms with E-state index in [2.05, 4.69) is 13.8 Å². The van der Waals surface area contributed by atoms with Crippen molar-refractivity contribution >= 4 is 5.91 Å². The van der Waals surface area contributed by atoms with Crippen molar-refractivity contribution in [2.45, 2.75) is 52.7 Å². The fourth-order valence-corrected chi connectivity index (χ4v) is 1.92. The zero-order valence-electron chi connectivity index (χ0n) is 10.3. The molecule has 1 saturated heterocycles. The van der Waals surface area contributed by atoms with Crippen molar-refractivity contribution in [2.24, 2.45) is 5.92 Å². The molecule has 2 unspecified atom stereocenters. The van der Waals surface area contributed by atoms with Gasteiger partial charge in [0.25, 0.3) is 0 Å². The van der Waals surface area contributed by atoms with Gasteiger partial charge in [-0.1, -0.05) is 27.7 Å². The van der Waals surface area contributed by atoms with Crippen molar-refractivity contribution in [2.75, 3.05) is 13.1 Å². The molecule has 0 aromatic carbocycles. The molecule has 1 aliphatic heterocycles. The molecule has 2 atom stereocenters. The summed E-state index contributed by atoms with van der Waals surface area (Å²) < 4.78 is 5.85. The molecule has 1 rings (SSSR count). The average molecular weight is 213 g/mol. The van der Waals surface area contributed by atoms with E-state index in [0.29, 0.717) is 0 Å². The van der Waals surface area contributed by atoms with Crippen molar-refractivity contribution < 1.29 is 9.53 Å². The van der Waals surface area contributed by atoms with Crippen molar-refractivity contribution in [1.29, 1.82) is 0 Å². The van der Waals surface area contributed by atoms with Gasteiger partial charge in [-0.3, -0.25) is 4.79 Å². The predicted molar refractivity (Wildman–Crippen MR) is 60.7 cm³/mol. The van der Waals surface area contributed by atoms with Crippen LogP contribution in [0.2, 0.25) is 0 Å². The van der Waals surface area contributed by atoms with Gasteiger partial charge in [0.2, 0.25) is 5.91 Å². The van der Waals surface area contributed by atoms with Gasteiger partial charge in [-0.2, -0.15) is 0 Å². The van der Waals surface area contributed by atoms with Crippen LogP contribution in [0.5, 0.6) is 0 Å². The number of rotatable bonds is 3. The number of carbonyl (C=O) groups excluding carboxylic acids is 1. The third-order valence-electron chi connectivity index (χ3n) is 2.95. The van der Waals surface area contributed by atoms with Crippen LogP contribution in [0.1, 0.15) is 40.5 Å². The maximum atomic E-state index is 11.9. The molecule has 0 aliphatic carbocycles. The number of amides is 1.